The molecule has 3 nitrogen and oxygen atoms in total. The summed E-state index contributed by atoms with van der Waals surface area (Å²) in [6, 6.07) is 2.72. The van der Waals surface area contributed by atoms with Crippen LogP contribution in [0.2, 0.25) is 0 Å². The van der Waals surface area contributed by atoms with Crippen LogP contribution in [0.3, 0.4) is 0 Å². The average Bonchev–Trinajstić information content (AvgIpc) is 3.13. The van der Waals surface area contributed by atoms with Gasteiger partial charge in [-0.25, -0.2) is 0 Å². The molecule has 2 saturated heterocycles. The van der Waals surface area contributed by atoms with Gasteiger partial charge >= 0.3 is 0 Å². The quantitative estimate of drug-likeness (QED) is 0.720. The van der Waals surface area contributed by atoms with Gasteiger partial charge in [-0.2, -0.15) is 0 Å². The van der Waals surface area contributed by atoms with Crippen molar-refractivity contribution < 1.29 is 0 Å². The highest BCUT2D eigenvalue weighted by Crippen LogP contribution is 2.49. The first-order valence-corrected chi connectivity index (χ1v) is 11.7. The van der Waals surface area contributed by atoms with Gasteiger partial charge in [0.2, 0.25) is 0 Å². The largest absolute Gasteiger partial charge is 0.369 e. The van der Waals surface area contributed by atoms with Gasteiger partial charge in [0.15, 0.2) is 0 Å². The molecule has 2 saturated carbocycles. The molecule has 0 amide bonds. The lowest BCUT2D eigenvalue weighted by Gasteiger charge is -2.47. The molecule has 0 aromatic heterocycles. The van der Waals surface area contributed by atoms with Crippen LogP contribution in [0.1, 0.15) is 71.1 Å². The highest BCUT2D eigenvalue weighted by Gasteiger charge is 2.51. The third-order valence-corrected chi connectivity index (χ3v) is 9.09. The summed E-state index contributed by atoms with van der Waals surface area (Å²) in [6.45, 7) is 2.42. The standard InChI is InChI=1S/C22H36ClN3/c1-13-3-9-18-19(11-13)25-22(24-18)21-17(14-4-6-15(23)7-5-14)12-16-8-10-20(21)26(16)2/h13-21H,3-12H2,1-2H3,(H,24,25)/t13?,14?,15?,16-,17-,18?,19?,20?,21+/m1/s1. The van der Waals surface area contributed by atoms with Crippen molar-refractivity contribution in [2.24, 2.45) is 28.7 Å². The Balaban J connectivity index is 1.40. The zero-order valence-corrected chi connectivity index (χ0v) is 17.3. The zero-order chi connectivity index (χ0) is 17.8. The monoisotopic (exact) mass is 377 g/mol. The number of amidine groups is 1. The number of nitrogens with zero attached hydrogens (tertiary/aromatic N) is 2. The van der Waals surface area contributed by atoms with Crippen molar-refractivity contribution >= 4 is 17.4 Å². The molecule has 5 rings (SSSR count). The van der Waals surface area contributed by atoms with Crippen LogP contribution < -0.4 is 5.32 Å². The molecule has 0 aromatic carbocycles. The Hall–Kier alpha value is -0.280. The number of nitrogens with one attached hydrogen (secondary N) is 1. The predicted molar refractivity (Wildman–Crippen MR) is 109 cm³/mol. The fourth-order valence-corrected chi connectivity index (χ4v) is 7.40. The molecule has 4 heteroatoms. The fraction of sp³-hybridized carbons (Fsp3) is 0.955. The Morgan fingerprint density at radius 1 is 1.00 bits per heavy atom. The van der Waals surface area contributed by atoms with E-state index in [4.69, 9.17) is 16.6 Å². The van der Waals surface area contributed by atoms with Crippen molar-refractivity contribution in [1.82, 2.24) is 10.2 Å². The van der Waals surface area contributed by atoms with E-state index in [9.17, 15) is 0 Å². The second kappa shape index (κ2) is 6.95. The Kier molecular flexibility index (Phi) is 4.76. The van der Waals surface area contributed by atoms with Crippen molar-refractivity contribution in [1.29, 1.82) is 0 Å². The van der Waals surface area contributed by atoms with Gasteiger partial charge in [-0.1, -0.05) is 6.92 Å². The van der Waals surface area contributed by atoms with E-state index in [1.807, 2.05) is 0 Å². The first-order chi connectivity index (χ1) is 12.6. The average molecular weight is 378 g/mol. The van der Waals surface area contributed by atoms with Gasteiger partial charge < -0.3 is 5.32 Å². The van der Waals surface area contributed by atoms with Crippen LogP contribution in [-0.2, 0) is 0 Å². The summed E-state index contributed by atoms with van der Waals surface area (Å²) >= 11 is 6.43. The van der Waals surface area contributed by atoms with Crippen molar-refractivity contribution in [2.45, 2.75) is 101 Å². The summed E-state index contributed by atoms with van der Waals surface area (Å²) in [7, 11) is 2.38. The van der Waals surface area contributed by atoms with Crippen LogP contribution in [0.5, 0.6) is 0 Å². The van der Waals surface area contributed by atoms with Gasteiger partial charge in [0.05, 0.1) is 6.04 Å². The summed E-state index contributed by atoms with van der Waals surface area (Å²) in [4.78, 5) is 8.04. The van der Waals surface area contributed by atoms with Crippen molar-refractivity contribution in [3.05, 3.63) is 0 Å². The molecule has 3 aliphatic heterocycles. The number of aliphatic imine (C=N–C) groups is 1. The molecule has 4 unspecified atom stereocenters. The summed E-state index contributed by atoms with van der Waals surface area (Å²) in [6.07, 6.45) is 13.3. The van der Waals surface area contributed by atoms with E-state index in [1.165, 1.54) is 70.0 Å². The summed E-state index contributed by atoms with van der Waals surface area (Å²) in [5, 5.41) is 4.40. The van der Waals surface area contributed by atoms with Gasteiger partial charge in [-0.05, 0) is 89.0 Å². The number of fused-ring (bicyclic) bond motifs is 3. The van der Waals surface area contributed by atoms with Crippen molar-refractivity contribution in [2.75, 3.05) is 7.05 Å². The molecule has 0 spiro atoms. The molecule has 2 aliphatic carbocycles. The highest BCUT2D eigenvalue weighted by atomic mass is 35.5. The normalized spacial score (nSPS) is 51.7. The minimum absolute atomic E-state index is 0.430. The number of piperidine rings is 1. The lowest BCUT2D eigenvalue weighted by molar-refractivity contribution is 0.0567. The molecule has 2 bridgehead atoms. The van der Waals surface area contributed by atoms with E-state index in [2.05, 4.69) is 24.2 Å². The van der Waals surface area contributed by atoms with E-state index < -0.39 is 0 Å². The van der Waals surface area contributed by atoms with Crippen molar-refractivity contribution in [3.8, 4) is 0 Å². The third-order valence-electron chi connectivity index (χ3n) is 8.65. The van der Waals surface area contributed by atoms with E-state index in [-0.39, 0.29) is 0 Å². The van der Waals surface area contributed by atoms with Crippen LogP contribution in [0, 0.1) is 23.7 Å². The van der Waals surface area contributed by atoms with E-state index in [0.717, 1.165) is 29.8 Å². The smallest absolute Gasteiger partial charge is 0.102 e. The zero-order valence-electron chi connectivity index (χ0n) is 16.5. The maximum Gasteiger partial charge on any atom is 0.102 e. The van der Waals surface area contributed by atoms with Crippen LogP contribution in [0.4, 0.5) is 0 Å². The maximum atomic E-state index is 6.43. The first-order valence-electron chi connectivity index (χ1n) is 11.3. The molecule has 0 radical (unpaired) electrons. The number of halogens is 1. The number of alkyl halides is 1. The molecule has 26 heavy (non-hydrogen) atoms. The van der Waals surface area contributed by atoms with Gasteiger partial charge in [-0.15, -0.1) is 11.6 Å². The second-order valence-electron chi connectivity index (χ2n) is 10.2. The topological polar surface area (TPSA) is 27.6 Å². The SMILES string of the molecule is CC1CCC2N=C([C@@H]3C4CC[C@H](C[C@@H]3C3CCC(Cl)CC3)N4C)NC2C1. The summed E-state index contributed by atoms with van der Waals surface area (Å²) in [5.74, 6) is 4.62. The third kappa shape index (κ3) is 3.02. The fourth-order valence-electron chi connectivity index (χ4n) is 7.14. The Bertz CT molecular complexity index is 556. The lowest BCUT2D eigenvalue weighted by atomic mass is 9.68. The van der Waals surface area contributed by atoms with Gasteiger partial charge in [-0.3, -0.25) is 9.89 Å². The molecule has 1 N–H and O–H groups in total. The van der Waals surface area contributed by atoms with E-state index >= 15 is 0 Å². The minimum Gasteiger partial charge on any atom is -0.369 e. The van der Waals surface area contributed by atoms with Gasteiger partial charge in [0.25, 0.3) is 0 Å². The van der Waals surface area contributed by atoms with Gasteiger partial charge in [0, 0.05) is 29.4 Å². The Labute approximate surface area is 164 Å². The molecule has 0 aromatic rings. The van der Waals surface area contributed by atoms with Gasteiger partial charge in [0.1, 0.15) is 5.84 Å². The minimum atomic E-state index is 0.430. The van der Waals surface area contributed by atoms with Crippen LogP contribution in [0.15, 0.2) is 4.99 Å². The van der Waals surface area contributed by atoms with Crippen LogP contribution in [-0.4, -0.2) is 47.3 Å². The molecule has 7 atom stereocenters. The maximum absolute atomic E-state index is 6.43. The predicted octanol–water partition coefficient (Wildman–Crippen LogP) is 4.44. The molecular formula is C22H36ClN3. The molecular weight excluding hydrogens is 342 g/mol. The van der Waals surface area contributed by atoms with Crippen LogP contribution >= 0.6 is 11.6 Å². The number of hydrogen-bond donors (Lipinski definition) is 1. The molecule has 146 valence electrons. The Morgan fingerprint density at radius 3 is 2.62 bits per heavy atom. The lowest BCUT2D eigenvalue weighted by Crippen LogP contribution is -2.54. The molecule has 3 heterocycles. The molecule has 5 aliphatic rings. The summed E-state index contributed by atoms with van der Waals surface area (Å²) < 4.78 is 0. The first kappa shape index (κ1) is 17.8. The summed E-state index contributed by atoms with van der Waals surface area (Å²) in [5.41, 5.74) is 0. The van der Waals surface area contributed by atoms with E-state index in [0.29, 0.717) is 23.4 Å². The number of rotatable bonds is 2. The van der Waals surface area contributed by atoms with Crippen LogP contribution in [0.25, 0.3) is 0 Å². The van der Waals surface area contributed by atoms with E-state index in [1.54, 1.807) is 0 Å². The molecule has 4 fully saturated rings. The second-order valence-corrected chi connectivity index (χ2v) is 10.8. The van der Waals surface area contributed by atoms with Crippen molar-refractivity contribution in [3.63, 3.8) is 0 Å². The highest BCUT2D eigenvalue weighted by molar-refractivity contribution is 6.20. The number of hydrogen-bond acceptors (Lipinski definition) is 3. The Morgan fingerprint density at radius 2 is 1.81 bits per heavy atom.